The molecular formula is C17H25NO. The van der Waals surface area contributed by atoms with Gasteiger partial charge in [0.1, 0.15) is 0 Å². The van der Waals surface area contributed by atoms with Crippen LogP contribution in [0.25, 0.3) is 0 Å². The third-order valence-electron chi connectivity index (χ3n) is 5.31. The Balaban J connectivity index is 1.64. The number of hydrogen-bond donors (Lipinski definition) is 0. The fraction of sp³-hybridized carbons (Fsp3) is 0.706. The zero-order chi connectivity index (χ0) is 13.4. The summed E-state index contributed by atoms with van der Waals surface area (Å²) in [6.07, 6.45) is 14.4. The number of carbonyl (C=O) groups excluding carboxylic acids is 1. The first-order valence-corrected chi connectivity index (χ1v) is 7.68. The average molecular weight is 259 g/mol. The molecule has 4 rings (SSSR count). The van der Waals surface area contributed by atoms with Gasteiger partial charge in [0.2, 0.25) is 0 Å². The van der Waals surface area contributed by atoms with Crippen LogP contribution < -0.4 is 0 Å². The summed E-state index contributed by atoms with van der Waals surface area (Å²) in [6, 6.07) is 0. The minimum atomic E-state index is 0.344. The molecule has 104 valence electrons. The van der Waals surface area contributed by atoms with Crippen LogP contribution >= 0.6 is 0 Å². The fourth-order valence-electron chi connectivity index (χ4n) is 4.87. The third kappa shape index (κ3) is 2.63. The van der Waals surface area contributed by atoms with Crippen LogP contribution in [0.5, 0.6) is 0 Å². The van der Waals surface area contributed by atoms with E-state index in [1.165, 1.54) is 32.1 Å². The smallest absolute Gasteiger partial charge is 0.159 e. The summed E-state index contributed by atoms with van der Waals surface area (Å²) in [6.45, 7) is 0. The maximum Gasteiger partial charge on any atom is 0.159 e. The highest BCUT2D eigenvalue weighted by Gasteiger charge is 2.49. The second-order valence-electron chi connectivity index (χ2n) is 7.02. The van der Waals surface area contributed by atoms with Crippen LogP contribution in [0.15, 0.2) is 24.4 Å². The number of rotatable bonds is 4. The molecule has 0 aromatic heterocycles. The first kappa shape index (κ1) is 13.0. The minimum absolute atomic E-state index is 0.344. The zero-order valence-electron chi connectivity index (χ0n) is 12.1. The molecule has 0 heterocycles. The molecule has 0 aromatic rings. The molecular weight excluding hydrogens is 234 g/mol. The molecule has 0 unspecified atom stereocenters. The Morgan fingerprint density at radius 1 is 0.947 bits per heavy atom. The van der Waals surface area contributed by atoms with Crippen LogP contribution in [0.4, 0.5) is 0 Å². The molecule has 4 aliphatic carbocycles. The van der Waals surface area contributed by atoms with Crippen molar-refractivity contribution in [2.45, 2.75) is 32.1 Å². The monoisotopic (exact) mass is 259 g/mol. The lowest BCUT2D eigenvalue weighted by Crippen LogP contribution is -2.47. The van der Waals surface area contributed by atoms with Crippen molar-refractivity contribution >= 4 is 5.78 Å². The molecule has 0 atom stereocenters. The second-order valence-corrected chi connectivity index (χ2v) is 7.02. The standard InChI is InChI=1S/C17H25NO/c1-18(2)6-4-3-5-16(19)17-14-8-12-7-13(10-14)11-15(17)9-12/h3-6,12-15,17H,7-11H2,1-2H3/b5-3+,6-4+. The predicted molar refractivity (Wildman–Crippen MR) is 77.5 cm³/mol. The number of allylic oxidation sites excluding steroid dienone is 3. The van der Waals surface area contributed by atoms with Crippen LogP contribution in [0.3, 0.4) is 0 Å². The topological polar surface area (TPSA) is 20.3 Å². The van der Waals surface area contributed by atoms with Gasteiger partial charge in [0.25, 0.3) is 0 Å². The predicted octanol–water partition coefficient (Wildman–Crippen LogP) is 3.26. The lowest BCUT2D eigenvalue weighted by Gasteiger charge is -2.53. The molecule has 2 heteroatoms. The Kier molecular flexibility index (Phi) is 3.51. The summed E-state index contributed by atoms with van der Waals surface area (Å²) in [5.41, 5.74) is 0. The molecule has 0 spiro atoms. The van der Waals surface area contributed by atoms with E-state index in [1.54, 1.807) is 0 Å². The highest BCUT2D eigenvalue weighted by molar-refractivity contribution is 5.92. The summed E-state index contributed by atoms with van der Waals surface area (Å²) in [5.74, 6) is 4.03. The van der Waals surface area contributed by atoms with Crippen molar-refractivity contribution in [1.29, 1.82) is 0 Å². The van der Waals surface area contributed by atoms with E-state index in [9.17, 15) is 4.79 Å². The van der Waals surface area contributed by atoms with E-state index in [0.717, 1.165) is 11.8 Å². The largest absolute Gasteiger partial charge is 0.383 e. The molecule has 0 aromatic carbocycles. The molecule has 2 nitrogen and oxygen atoms in total. The van der Waals surface area contributed by atoms with Crippen LogP contribution in [0.1, 0.15) is 32.1 Å². The average Bonchev–Trinajstić information content (AvgIpc) is 2.33. The summed E-state index contributed by atoms with van der Waals surface area (Å²) in [4.78, 5) is 14.4. The molecule has 0 aliphatic heterocycles. The number of ketones is 1. The molecule has 0 amide bonds. The van der Waals surface area contributed by atoms with Gasteiger partial charge < -0.3 is 4.90 Å². The lowest BCUT2D eigenvalue weighted by atomic mass is 9.51. The van der Waals surface area contributed by atoms with Crippen LogP contribution in [0.2, 0.25) is 0 Å². The van der Waals surface area contributed by atoms with Gasteiger partial charge in [-0.25, -0.2) is 0 Å². The van der Waals surface area contributed by atoms with Gasteiger partial charge in [0.15, 0.2) is 5.78 Å². The van der Waals surface area contributed by atoms with Crippen molar-refractivity contribution in [3.8, 4) is 0 Å². The van der Waals surface area contributed by atoms with Gasteiger partial charge in [0.05, 0.1) is 0 Å². The maximum atomic E-state index is 12.4. The van der Waals surface area contributed by atoms with Gasteiger partial charge in [-0.05, 0) is 74.1 Å². The number of nitrogens with zero attached hydrogens (tertiary/aromatic N) is 1. The Labute approximate surface area is 116 Å². The van der Waals surface area contributed by atoms with Gasteiger partial charge in [-0.1, -0.05) is 6.08 Å². The summed E-state index contributed by atoms with van der Waals surface area (Å²) >= 11 is 0. The Bertz CT molecular complexity index is 379. The van der Waals surface area contributed by atoms with E-state index in [2.05, 4.69) is 0 Å². The molecule has 4 aliphatic rings. The van der Waals surface area contributed by atoms with Crippen molar-refractivity contribution in [2.24, 2.45) is 29.6 Å². The number of carbonyl (C=O) groups is 1. The SMILES string of the molecule is CN(C)/C=C/C=C/C(=O)C1C2CC3CC(C2)CC1C3. The molecule has 0 N–H and O–H groups in total. The minimum Gasteiger partial charge on any atom is -0.383 e. The van der Waals surface area contributed by atoms with Gasteiger partial charge in [-0.3, -0.25) is 4.79 Å². The molecule has 0 radical (unpaired) electrons. The van der Waals surface area contributed by atoms with E-state index in [1.807, 2.05) is 43.4 Å². The Morgan fingerprint density at radius 3 is 2.05 bits per heavy atom. The summed E-state index contributed by atoms with van der Waals surface area (Å²) in [7, 11) is 3.98. The van der Waals surface area contributed by atoms with E-state index >= 15 is 0 Å². The molecule has 4 saturated carbocycles. The van der Waals surface area contributed by atoms with E-state index in [0.29, 0.717) is 23.5 Å². The number of hydrogen-bond acceptors (Lipinski definition) is 2. The van der Waals surface area contributed by atoms with Gasteiger partial charge in [-0.2, -0.15) is 0 Å². The van der Waals surface area contributed by atoms with Crippen molar-refractivity contribution in [3.63, 3.8) is 0 Å². The van der Waals surface area contributed by atoms with Crippen molar-refractivity contribution in [2.75, 3.05) is 14.1 Å². The molecule has 19 heavy (non-hydrogen) atoms. The highest BCUT2D eigenvalue weighted by atomic mass is 16.1. The second kappa shape index (κ2) is 5.15. The molecule has 4 bridgehead atoms. The lowest BCUT2D eigenvalue weighted by molar-refractivity contribution is -0.130. The van der Waals surface area contributed by atoms with Gasteiger partial charge in [-0.15, -0.1) is 0 Å². The summed E-state index contributed by atoms with van der Waals surface area (Å²) in [5, 5.41) is 0. The molecule has 0 saturated heterocycles. The van der Waals surface area contributed by atoms with Crippen molar-refractivity contribution < 1.29 is 4.79 Å². The van der Waals surface area contributed by atoms with Gasteiger partial charge >= 0.3 is 0 Å². The Hall–Kier alpha value is -1.05. The van der Waals surface area contributed by atoms with Gasteiger partial charge in [0, 0.05) is 20.0 Å². The van der Waals surface area contributed by atoms with Crippen molar-refractivity contribution in [3.05, 3.63) is 24.4 Å². The first-order chi connectivity index (χ1) is 9.13. The maximum absolute atomic E-state index is 12.4. The van der Waals surface area contributed by atoms with Crippen LogP contribution in [-0.4, -0.2) is 24.8 Å². The van der Waals surface area contributed by atoms with Crippen molar-refractivity contribution in [1.82, 2.24) is 4.90 Å². The Morgan fingerprint density at radius 2 is 1.53 bits per heavy atom. The third-order valence-corrected chi connectivity index (χ3v) is 5.31. The normalized spacial score (nSPS) is 40.4. The zero-order valence-corrected chi connectivity index (χ0v) is 12.1. The van der Waals surface area contributed by atoms with E-state index in [4.69, 9.17) is 0 Å². The first-order valence-electron chi connectivity index (χ1n) is 7.68. The highest BCUT2D eigenvalue weighted by Crippen LogP contribution is 2.56. The summed E-state index contributed by atoms with van der Waals surface area (Å²) < 4.78 is 0. The van der Waals surface area contributed by atoms with E-state index in [-0.39, 0.29) is 0 Å². The van der Waals surface area contributed by atoms with Crippen LogP contribution in [-0.2, 0) is 4.79 Å². The quantitative estimate of drug-likeness (QED) is 0.570. The van der Waals surface area contributed by atoms with E-state index < -0.39 is 0 Å². The molecule has 4 fully saturated rings. The fourth-order valence-corrected chi connectivity index (χ4v) is 4.87. The van der Waals surface area contributed by atoms with Crippen LogP contribution in [0, 0.1) is 29.6 Å².